The summed E-state index contributed by atoms with van der Waals surface area (Å²) in [6, 6.07) is 6.63. The average molecular weight is 412 g/mol. The third kappa shape index (κ3) is 6.55. The van der Waals surface area contributed by atoms with Gasteiger partial charge in [-0.3, -0.25) is 10.1 Å². The molecule has 1 aliphatic heterocycles. The highest BCUT2D eigenvalue weighted by atomic mass is 32.2. The van der Waals surface area contributed by atoms with E-state index >= 15 is 0 Å². The maximum absolute atomic E-state index is 13.4. The van der Waals surface area contributed by atoms with Crippen LogP contribution in [0.4, 0.5) is 0 Å². The second kappa shape index (κ2) is 10.3. The average Bonchev–Trinajstić information content (AvgIpc) is 3.13. The lowest BCUT2D eigenvalue weighted by molar-refractivity contribution is -0.135. The first kappa shape index (κ1) is 22.8. The van der Waals surface area contributed by atoms with Gasteiger partial charge in [-0.15, -0.1) is 0 Å². The largest absolute Gasteiger partial charge is 0.480 e. The van der Waals surface area contributed by atoms with Crippen molar-refractivity contribution in [1.82, 2.24) is 16.0 Å². The van der Waals surface area contributed by atoms with E-state index in [0.29, 0.717) is 17.4 Å². The molecular weight excluding hydrogens is 378 g/mol. The highest BCUT2D eigenvalue weighted by Gasteiger charge is 2.37. The number of sulfone groups is 1. The second-order valence-corrected chi connectivity index (χ2v) is 10.1. The Kier molecular flexibility index (Phi) is 8.42. The number of aryl methyl sites for hydroxylation is 1. The third-order valence-corrected chi connectivity index (χ3v) is 7.03. The molecule has 0 amide bonds. The highest BCUT2D eigenvalue weighted by molar-refractivity contribution is 7.92. The van der Waals surface area contributed by atoms with E-state index < -0.39 is 21.2 Å². The molecule has 0 aromatic heterocycles. The van der Waals surface area contributed by atoms with Crippen LogP contribution in [0.1, 0.15) is 38.7 Å². The Morgan fingerprint density at radius 3 is 2.50 bits per heavy atom. The smallest absolute Gasteiger partial charge is 0.317 e. The molecule has 3 atom stereocenters. The van der Waals surface area contributed by atoms with Crippen LogP contribution in [0.15, 0.2) is 29.2 Å². The first-order valence-corrected chi connectivity index (χ1v) is 11.5. The molecule has 158 valence electrons. The van der Waals surface area contributed by atoms with E-state index in [0.717, 1.165) is 31.4 Å². The molecule has 1 heterocycles. The molecular formula is C20H33N3O4S. The van der Waals surface area contributed by atoms with Crippen LogP contribution in [0.5, 0.6) is 0 Å². The molecule has 3 unspecified atom stereocenters. The lowest BCUT2D eigenvalue weighted by atomic mass is 10.0. The fourth-order valence-corrected chi connectivity index (χ4v) is 5.48. The zero-order chi connectivity index (χ0) is 20.7. The van der Waals surface area contributed by atoms with E-state index in [9.17, 15) is 13.2 Å². The predicted octanol–water partition coefficient (Wildman–Crippen LogP) is 1.53. The summed E-state index contributed by atoms with van der Waals surface area (Å²) in [4.78, 5) is 11.1. The van der Waals surface area contributed by atoms with Crippen LogP contribution in [0, 0.1) is 12.8 Å². The van der Waals surface area contributed by atoms with E-state index in [1.165, 1.54) is 0 Å². The Morgan fingerprint density at radius 2 is 1.96 bits per heavy atom. The van der Waals surface area contributed by atoms with E-state index in [4.69, 9.17) is 5.11 Å². The minimum atomic E-state index is -3.59. The van der Waals surface area contributed by atoms with Crippen molar-refractivity contribution in [3.63, 3.8) is 0 Å². The van der Waals surface area contributed by atoms with Crippen molar-refractivity contribution in [2.24, 2.45) is 5.92 Å². The van der Waals surface area contributed by atoms with Crippen LogP contribution in [0.3, 0.4) is 0 Å². The molecule has 8 heteroatoms. The van der Waals surface area contributed by atoms with Crippen molar-refractivity contribution in [1.29, 1.82) is 0 Å². The first-order chi connectivity index (χ1) is 13.2. The van der Waals surface area contributed by atoms with Crippen LogP contribution in [-0.4, -0.2) is 56.6 Å². The molecule has 0 bridgehead atoms. The van der Waals surface area contributed by atoms with Crippen molar-refractivity contribution in [3.8, 4) is 0 Å². The Morgan fingerprint density at radius 1 is 1.29 bits per heavy atom. The molecule has 0 aliphatic carbocycles. The van der Waals surface area contributed by atoms with E-state index in [1.807, 2.05) is 19.1 Å². The van der Waals surface area contributed by atoms with Crippen molar-refractivity contribution in [2.75, 3.05) is 19.6 Å². The summed E-state index contributed by atoms with van der Waals surface area (Å²) in [5.41, 5.74) is 1.01. The fraction of sp³-hybridized carbons (Fsp3) is 0.650. The number of hydrogen-bond donors (Lipinski definition) is 4. The number of carboxylic acids is 1. The van der Waals surface area contributed by atoms with Gasteiger partial charge in [0.25, 0.3) is 0 Å². The van der Waals surface area contributed by atoms with Crippen molar-refractivity contribution < 1.29 is 18.3 Å². The van der Waals surface area contributed by atoms with E-state index in [2.05, 4.69) is 29.8 Å². The topological polar surface area (TPSA) is 108 Å². The van der Waals surface area contributed by atoms with Crippen LogP contribution in [0.25, 0.3) is 0 Å². The fourth-order valence-electron chi connectivity index (χ4n) is 3.63. The lowest BCUT2D eigenvalue weighted by Gasteiger charge is -2.31. The molecule has 1 saturated heterocycles. The van der Waals surface area contributed by atoms with Gasteiger partial charge in [-0.2, -0.15) is 0 Å². The summed E-state index contributed by atoms with van der Waals surface area (Å²) in [6.07, 6.45) is 2.48. The molecule has 1 aromatic rings. The highest BCUT2D eigenvalue weighted by Crippen LogP contribution is 2.23. The van der Waals surface area contributed by atoms with Gasteiger partial charge in [0, 0.05) is 18.6 Å². The SMILES string of the molecule is Cc1ccc(S(=O)(=O)C(NC(CNCC(=O)O)CC(C)C)C2CCCN2)cc1. The van der Waals surface area contributed by atoms with Crippen molar-refractivity contribution in [3.05, 3.63) is 29.8 Å². The van der Waals surface area contributed by atoms with Crippen LogP contribution >= 0.6 is 0 Å². The Balaban J connectivity index is 2.24. The zero-order valence-electron chi connectivity index (χ0n) is 16.9. The van der Waals surface area contributed by atoms with Crippen molar-refractivity contribution >= 4 is 15.8 Å². The van der Waals surface area contributed by atoms with Gasteiger partial charge < -0.3 is 15.7 Å². The van der Waals surface area contributed by atoms with E-state index in [1.54, 1.807) is 12.1 Å². The van der Waals surface area contributed by atoms with E-state index in [-0.39, 0.29) is 18.6 Å². The summed E-state index contributed by atoms with van der Waals surface area (Å²) in [6.45, 7) is 7.13. The summed E-state index contributed by atoms with van der Waals surface area (Å²) < 4.78 is 26.8. The van der Waals surface area contributed by atoms with Crippen LogP contribution in [0.2, 0.25) is 0 Å². The minimum Gasteiger partial charge on any atom is -0.480 e. The Bertz CT molecular complexity index is 728. The molecule has 28 heavy (non-hydrogen) atoms. The molecule has 1 aliphatic rings. The molecule has 7 nitrogen and oxygen atoms in total. The Labute approximate surface area is 168 Å². The molecule has 0 radical (unpaired) electrons. The first-order valence-electron chi connectivity index (χ1n) is 9.92. The van der Waals surface area contributed by atoms with Crippen LogP contribution in [-0.2, 0) is 14.6 Å². The lowest BCUT2D eigenvalue weighted by Crippen LogP contribution is -2.55. The minimum absolute atomic E-state index is 0.146. The quantitative estimate of drug-likeness (QED) is 0.437. The molecule has 0 saturated carbocycles. The maximum atomic E-state index is 13.4. The second-order valence-electron chi connectivity index (χ2n) is 8.00. The summed E-state index contributed by atoms with van der Waals surface area (Å²) in [5.74, 6) is -0.576. The molecule has 0 spiro atoms. The van der Waals surface area contributed by atoms with Gasteiger partial charge in [-0.25, -0.2) is 8.42 Å². The number of rotatable bonds is 11. The van der Waals surface area contributed by atoms with Gasteiger partial charge in [-0.05, 0) is 50.8 Å². The molecule has 2 rings (SSSR count). The molecule has 4 N–H and O–H groups in total. The van der Waals surface area contributed by atoms with Gasteiger partial charge >= 0.3 is 5.97 Å². The van der Waals surface area contributed by atoms with Gasteiger partial charge in [0.05, 0.1) is 11.4 Å². The number of carboxylic acid groups (broad SMARTS) is 1. The normalized spacial score (nSPS) is 19.6. The van der Waals surface area contributed by atoms with Gasteiger partial charge in [-0.1, -0.05) is 31.5 Å². The van der Waals surface area contributed by atoms with Gasteiger partial charge in [0.15, 0.2) is 9.84 Å². The number of aliphatic carboxylic acids is 1. The summed E-state index contributed by atoms with van der Waals surface area (Å²) in [7, 11) is -3.59. The molecule has 1 fully saturated rings. The summed E-state index contributed by atoms with van der Waals surface area (Å²) in [5, 5.41) is 17.7. The zero-order valence-corrected chi connectivity index (χ0v) is 17.8. The number of carbonyl (C=O) groups is 1. The monoisotopic (exact) mass is 411 g/mol. The standard InChI is InChI=1S/C20H33N3O4S/c1-14(2)11-16(12-21-13-19(24)25)23-20(18-5-4-10-22-18)28(26,27)17-8-6-15(3)7-9-17/h6-9,14,16,18,20-23H,4-5,10-13H2,1-3H3,(H,24,25). The summed E-state index contributed by atoms with van der Waals surface area (Å²) >= 11 is 0. The number of hydrogen-bond acceptors (Lipinski definition) is 6. The maximum Gasteiger partial charge on any atom is 0.317 e. The van der Waals surface area contributed by atoms with Crippen LogP contribution < -0.4 is 16.0 Å². The van der Waals surface area contributed by atoms with Gasteiger partial charge in [0.1, 0.15) is 5.37 Å². The number of nitrogens with one attached hydrogen (secondary N) is 3. The third-order valence-electron chi connectivity index (χ3n) is 4.97. The molecule has 1 aromatic carbocycles. The Hall–Kier alpha value is -1.48. The number of benzene rings is 1. The predicted molar refractivity (Wildman–Crippen MR) is 110 cm³/mol. The van der Waals surface area contributed by atoms with Crippen molar-refractivity contribution in [2.45, 2.75) is 62.4 Å². The van der Waals surface area contributed by atoms with Gasteiger partial charge in [0.2, 0.25) is 0 Å².